The van der Waals surface area contributed by atoms with Gasteiger partial charge in [0.2, 0.25) is 0 Å². The van der Waals surface area contributed by atoms with E-state index in [-0.39, 0.29) is 17.4 Å². The largest absolute Gasteiger partial charge is 0.364 e. The molecule has 2 rings (SSSR count). The third-order valence-corrected chi connectivity index (χ3v) is 3.78. The SMILES string of the molecule is Cc1ccccc1C(C)Nc1c(C#N)c(=O)n(C)c(=O)n1C. The number of hydrogen-bond donors (Lipinski definition) is 1. The molecule has 1 aromatic heterocycles. The normalized spacial score (nSPS) is 11.8. The zero-order valence-electron chi connectivity index (χ0n) is 13.0. The van der Waals surface area contributed by atoms with Gasteiger partial charge in [-0.05, 0) is 25.0 Å². The van der Waals surface area contributed by atoms with Crippen molar-refractivity contribution in [1.29, 1.82) is 5.26 Å². The van der Waals surface area contributed by atoms with Crippen LogP contribution in [-0.2, 0) is 14.1 Å². The van der Waals surface area contributed by atoms with Crippen LogP contribution in [0.25, 0.3) is 0 Å². The molecule has 0 bridgehead atoms. The van der Waals surface area contributed by atoms with Crippen molar-refractivity contribution >= 4 is 5.82 Å². The Bertz CT molecular complexity index is 871. The molecule has 2 aromatic rings. The third kappa shape index (κ3) is 2.53. The minimum atomic E-state index is -0.593. The number of hydrogen-bond acceptors (Lipinski definition) is 4. The molecule has 0 aliphatic heterocycles. The summed E-state index contributed by atoms with van der Waals surface area (Å²) >= 11 is 0. The van der Waals surface area contributed by atoms with Crippen LogP contribution in [0.2, 0.25) is 0 Å². The molecule has 0 saturated heterocycles. The molecule has 1 atom stereocenters. The molecular weight excluding hydrogens is 280 g/mol. The molecule has 0 radical (unpaired) electrons. The number of aryl methyl sites for hydroxylation is 1. The minimum absolute atomic E-state index is 0.0648. The van der Waals surface area contributed by atoms with Crippen molar-refractivity contribution in [2.75, 3.05) is 5.32 Å². The Labute approximate surface area is 128 Å². The van der Waals surface area contributed by atoms with Gasteiger partial charge in [-0.1, -0.05) is 24.3 Å². The molecule has 1 unspecified atom stereocenters. The Hall–Kier alpha value is -2.81. The van der Waals surface area contributed by atoms with E-state index >= 15 is 0 Å². The second kappa shape index (κ2) is 5.90. The molecule has 22 heavy (non-hydrogen) atoms. The van der Waals surface area contributed by atoms with Crippen LogP contribution < -0.4 is 16.6 Å². The number of nitrogens with zero attached hydrogens (tertiary/aromatic N) is 3. The predicted molar refractivity (Wildman–Crippen MR) is 84.9 cm³/mol. The van der Waals surface area contributed by atoms with E-state index in [4.69, 9.17) is 0 Å². The summed E-state index contributed by atoms with van der Waals surface area (Å²) in [7, 11) is 2.90. The zero-order chi connectivity index (χ0) is 16.4. The van der Waals surface area contributed by atoms with E-state index in [1.807, 2.05) is 44.2 Å². The lowest BCUT2D eigenvalue weighted by Gasteiger charge is -2.20. The molecule has 0 amide bonds. The van der Waals surface area contributed by atoms with Crippen LogP contribution in [0.3, 0.4) is 0 Å². The summed E-state index contributed by atoms with van der Waals surface area (Å²) in [6.45, 7) is 3.91. The van der Waals surface area contributed by atoms with E-state index in [0.717, 1.165) is 15.7 Å². The van der Waals surface area contributed by atoms with Gasteiger partial charge in [-0.2, -0.15) is 5.26 Å². The Balaban J connectivity index is 2.56. The number of aromatic nitrogens is 2. The second-order valence-electron chi connectivity index (χ2n) is 5.26. The summed E-state index contributed by atoms with van der Waals surface area (Å²) in [4.78, 5) is 24.1. The van der Waals surface area contributed by atoms with Gasteiger partial charge in [0, 0.05) is 14.1 Å². The Morgan fingerprint density at radius 3 is 2.41 bits per heavy atom. The average Bonchev–Trinajstić information content (AvgIpc) is 2.51. The lowest BCUT2D eigenvalue weighted by Crippen LogP contribution is -2.40. The summed E-state index contributed by atoms with van der Waals surface area (Å²) in [6.07, 6.45) is 0. The third-order valence-electron chi connectivity index (χ3n) is 3.78. The van der Waals surface area contributed by atoms with Crippen LogP contribution in [0.1, 0.15) is 29.7 Å². The lowest BCUT2D eigenvalue weighted by molar-refractivity contribution is 0.678. The Morgan fingerprint density at radius 2 is 1.82 bits per heavy atom. The van der Waals surface area contributed by atoms with Gasteiger partial charge in [-0.25, -0.2) is 4.79 Å². The zero-order valence-corrected chi connectivity index (χ0v) is 13.0. The van der Waals surface area contributed by atoms with Gasteiger partial charge in [0.15, 0.2) is 5.56 Å². The summed E-state index contributed by atoms with van der Waals surface area (Å²) < 4.78 is 2.22. The number of nitriles is 1. The first-order valence-corrected chi connectivity index (χ1v) is 6.90. The fourth-order valence-corrected chi connectivity index (χ4v) is 2.47. The van der Waals surface area contributed by atoms with Gasteiger partial charge < -0.3 is 5.32 Å². The smallest absolute Gasteiger partial charge is 0.332 e. The predicted octanol–water partition coefficient (Wildman–Crippen LogP) is 1.44. The topological polar surface area (TPSA) is 79.8 Å². The van der Waals surface area contributed by atoms with Crippen molar-refractivity contribution in [2.24, 2.45) is 14.1 Å². The molecule has 0 saturated carbocycles. The highest BCUT2D eigenvalue weighted by molar-refractivity contribution is 5.53. The molecule has 114 valence electrons. The highest BCUT2D eigenvalue weighted by Crippen LogP contribution is 2.22. The second-order valence-corrected chi connectivity index (χ2v) is 5.26. The van der Waals surface area contributed by atoms with Crippen molar-refractivity contribution in [2.45, 2.75) is 19.9 Å². The van der Waals surface area contributed by atoms with Gasteiger partial charge in [-0.3, -0.25) is 13.9 Å². The first-order chi connectivity index (χ1) is 10.4. The van der Waals surface area contributed by atoms with Crippen molar-refractivity contribution in [3.63, 3.8) is 0 Å². The first kappa shape index (κ1) is 15.6. The molecule has 1 aromatic carbocycles. The molecule has 0 aliphatic rings. The summed E-state index contributed by atoms with van der Waals surface area (Å²) in [5.74, 6) is 0.242. The number of nitrogens with one attached hydrogen (secondary N) is 1. The van der Waals surface area contributed by atoms with Crippen molar-refractivity contribution in [3.8, 4) is 6.07 Å². The maximum Gasteiger partial charge on any atom is 0.332 e. The first-order valence-electron chi connectivity index (χ1n) is 6.90. The monoisotopic (exact) mass is 298 g/mol. The highest BCUT2D eigenvalue weighted by Gasteiger charge is 2.18. The summed E-state index contributed by atoms with van der Waals surface area (Å²) in [5.41, 5.74) is 1.01. The maximum absolute atomic E-state index is 12.1. The van der Waals surface area contributed by atoms with Gasteiger partial charge in [-0.15, -0.1) is 0 Å². The van der Waals surface area contributed by atoms with Crippen LogP contribution in [0.4, 0.5) is 5.82 Å². The standard InChI is InChI=1S/C16H18N4O2/c1-10-7-5-6-8-12(10)11(2)18-14-13(9-17)15(21)20(4)16(22)19(14)3/h5-8,11,18H,1-4H3. The van der Waals surface area contributed by atoms with Crippen molar-refractivity contribution in [1.82, 2.24) is 9.13 Å². The lowest BCUT2D eigenvalue weighted by atomic mass is 10.0. The summed E-state index contributed by atoms with van der Waals surface area (Å²) in [5, 5.41) is 12.4. The molecule has 1 N–H and O–H groups in total. The summed E-state index contributed by atoms with van der Waals surface area (Å²) in [6, 6.07) is 9.57. The number of rotatable bonds is 3. The van der Waals surface area contributed by atoms with Crippen LogP contribution in [-0.4, -0.2) is 9.13 Å². The van der Waals surface area contributed by atoms with Crippen molar-refractivity contribution in [3.05, 3.63) is 61.8 Å². The minimum Gasteiger partial charge on any atom is -0.364 e. The Morgan fingerprint density at radius 1 is 1.18 bits per heavy atom. The average molecular weight is 298 g/mol. The molecule has 1 heterocycles. The molecule has 0 spiro atoms. The fourth-order valence-electron chi connectivity index (χ4n) is 2.47. The van der Waals surface area contributed by atoms with E-state index in [1.54, 1.807) is 0 Å². The van der Waals surface area contributed by atoms with Crippen LogP contribution in [0.15, 0.2) is 33.9 Å². The van der Waals surface area contributed by atoms with Crippen LogP contribution >= 0.6 is 0 Å². The molecule has 0 fully saturated rings. The quantitative estimate of drug-likeness (QED) is 0.929. The molecular formula is C16H18N4O2. The molecule has 6 heteroatoms. The fraction of sp³-hybridized carbons (Fsp3) is 0.312. The molecule has 0 aliphatic carbocycles. The van der Waals surface area contributed by atoms with Gasteiger partial charge in [0.05, 0.1) is 6.04 Å². The maximum atomic E-state index is 12.1. The van der Waals surface area contributed by atoms with Crippen LogP contribution in [0, 0.1) is 18.3 Å². The van der Waals surface area contributed by atoms with Gasteiger partial charge in [0.1, 0.15) is 11.9 Å². The number of anilines is 1. The van der Waals surface area contributed by atoms with E-state index in [1.165, 1.54) is 18.7 Å². The highest BCUT2D eigenvalue weighted by atomic mass is 16.2. The number of benzene rings is 1. The van der Waals surface area contributed by atoms with Crippen molar-refractivity contribution < 1.29 is 0 Å². The van der Waals surface area contributed by atoms with Gasteiger partial charge in [0.25, 0.3) is 5.56 Å². The van der Waals surface area contributed by atoms with E-state index in [2.05, 4.69) is 5.32 Å². The van der Waals surface area contributed by atoms with E-state index in [9.17, 15) is 14.9 Å². The van der Waals surface area contributed by atoms with Gasteiger partial charge >= 0.3 is 5.69 Å². The van der Waals surface area contributed by atoms with E-state index in [0.29, 0.717) is 0 Å². The molecule has 6 nitrogen and oxygen atoms in total. The van der Waals surface area contributed by atoms with Crippen LogP contribution in [0.5, 0.6) is 0 Å². The van der Waals surface area contributed by atoms with E-state index < -0.39 is 11.2 Å². The Kier molecular flexibility index (Phi) is 4.18.